The summed E-state index contributed by atoms with van der Waals surface area (Å²) in [5.41, 5.74) is 1.70. The predicted octanol–water partition coefficient (Wildman–Crippen LogP) is 3.59. The van der Waals surface area contributed by atoms with Crippen LogP contribution in [0.3, 0.4) is 0 Å². The average Bonchev–Trinajstić information content (AvgIpc) is 2.27. The molecule has 1 aromatic carbocycles. The standard InChI is InChI=1S/C13H15NO3S/c1-10-6-7-13(14(16)17)12(9-10)5-3-4-8-18-11(2)15/h3,5-7,9H,4,8H2,1-2H3. The maximum Gasteiger partial charge on any atom is 0.276 e. The molecule has 0 N–H and O–H groups in total. The molecule has 0 amide bonds. The van der Waals surface area contributed by atoms with Gasteiger partial charge in [-0.3, -0.25) is 14.9 Å². The van der Waals surface area contributed by atoms with Crippen LogP contribution in [0.5, 0.6) is 0 Å². The highest BCUT2D eigenvalue weighted by atomic mass is 32.2. The lowest BCUT2D eigenvalue weighted by atomic mass is 10.1. The molecule has 0 radical (unpaired) electrons. The van der Waals surface area contributed by atoms with E-state index >= 15 is 0 Å². The molecule has 1 aromatic rings. The lowest BCUT2D eigenvalue weighted by Gasteiger charge is -1.99. The van der Waals surface area contributed by atoms with Crippen LogP contribution in [0.25, 0.3) is 6.08 Å². The van der Waals surface area contributed by atoms with E-state index in [9.17, 15) is 14.9 Å². The Kier molecular flexibility index (Phi) is 5.58. The highest BCUT2D eigenvalue weighted by molar-refractivity contribution is 8.13. The second-order valence-corrected chi connectivity index (χ2v) is 5.12. The fourth-order valence-corrected chi connectivity index (χ4v) is 2.00. The van der Waals surface area contributed by atoms with Gasteiger partial charge in [-0.05, 0) is 19.4 Å². The summed E-state index contributed by atoms with van der Waals surface area (Å²) in [6, 6.07) is 5.02. The fourth-order valence-electron chi connectivity index (χ4n) is 1.45. The summed E-state index contributed by atoms with van der Waals surface area (Å²) in [5, 5.41) is 10.9. The summed E-state index contributed by atoms with van der Waals surface area (Å²) in [6.07, 6.45) is 4.32. The summed E-state index contributed by atoms with van der Waals surface area (Å²) < 4.78 is 0. The Labute approximate surface area is 110 Å². The molecule has 18 heavy (non-hydrogen) atoms. The zero-order valence-corrected chi connectivity index (χ0v) is 11.2. The SMILES string of the molecule is CC(=O)SCCC=Cc1cc(C)ccc1[N+](=O)[O-]. The lowest BCUT2D eigenvalue weighted by Crippen LogP contribution is -1.92. The number of allylic oxidation sites excluding steroid dienone is 1. The number of nitrogens with zero attached hydrogens (tertiary/aromatic N) is 1. The molecule has 0 fully saturated rings. The van der Waals surface area contributed by atoms with E-state index in [0.29, 0.717) is 11.3 Å². The van der Waals surface area contributed by atoms with Gasteiger partial charge in [-0.1, -0.05) is 35.5 Å². The number of carbonyl (C=O) groups is 1. The van der Waals surface area contributed by atoms with Crippen molar-refractivity contribution in [3.63, 3.8) is 0 Å². The number of nitro groups is 1. The smallest absolute Gasteiger partial charge is 0.276 e. The Bertz CT molecular complexity index is 483. The van der Waals surface area contributed by atoms with Crippen molar-refractivity contribution in [3.05, 3.63) is 45.5 Å². The van der Waals surface area contributed by atoms with Crippen molar-refractivity contribution < 1.29 is 9.72 Å². The summed E-state index contributed by atoms with van der Waals surface area (Å²) >= 11 is 1.26. The van der Waals surface area contributed by atoms with E-state index in [4.69, 9.17) is 0 Å². The monoisotopic (exact) mass is 265 g/mol. The molecule has 0 heterocycles. The van der Waals surface area contributed by atoms with Gasteiger partial charge in [0, 0.05) is 18.7 Å². The molecule has 0 bridgehead atoms. The average molecular weight is 265 g/mol. The van der Waals surface area contributed by atoms with Crippen LogP contribution in [0.15, 0.2) is 24.3 Å². The first-order valence-electron chi connectivity index (χ1n) is 5.55. The minimum atomic E-state index is -0.385. The minimum Gasteiger partial charge on any atom is -0.288 e. The van der Waals surface area contributed by atoms with Gasteiger partial charge in [0.05, 0.1) is 10.5 Å². The highest BCUT2D eigenvalue weighted by Crippen LogP contribution is 2.21. The number of rotatable bonds is 5. The second kappa shape index (κ2) is 6.96. The van der Waals surface area contributed by atoms with E-state index in [1.807, 2.05) is 13.0 Å². The van der Waals surface area contributed by atoms with Crippen molar-refractivity contribution in [1.82, 2.24) is 0 Å². The van der Waals surface area contributed by atoms with E-state index < -0.39 is 0 Å². The Hall–Kier alpha value is -1.62. The number of carbonyl (C=O) groups excluding carboxylic acids is 1. The largest absolute Gasteiger partial charge is 0.288 e. The Balaban J connectivity index is 2.70. The maximum atomic E-state index is 10.8. The quantitative estimate of drug-likeness (QED) is 0.464. The molecule has 0 unspecified atom stereocenters. The molecule has 0 spiro atoms. The molecule has 0 saturated heterocycles. The van der Waals surface area contributed by atoms with Crippen LogP contribution >= 0.6 is 11.8 Å². The van der Waals surface area contributed by atoms with Crippen LogP contribution in [-0.2, 0) is 4.79 Å². The topological polar surface area (TPSA) is 60.2 Å². The molecule has 0 atom stereocenters. The summed E-state index contributed by atoms with van der Waals surface area (Å²) in [5.74, 6) is 0.700. The number of aryl methyl sites for hydroxylation is 1. The van der Waals surface area contributed by atoms with E-state index in [0.717, 1.165) is 12.0 Å². The third-order valence-electron chi connectivity index (χ3n) is 2.27. The van der Waals surface area contributed by atoms with Crippen LogP contribution < -0.4 is 0 Å². The van der Waals surface area contributed by atoms with E-state index in [1.165, 1.54) is 24.8 Å². The first kappa shape index (κ1) is 14.4. The Morgan fingerprint density at radius 3 is 2.83 bits per heavy atom. The molecule has 0 saturated carbocycles. The van der Waals surface area contributed by atoms with Gasteiger partial charge < -0.3 is 0 Å². The molecular formula is C13H15NO3S. The Morgan fingerprint density at radius 2 is 2.22 bits per heavy atom. The normalized spacial score (nSPS) is 10.8. The number of benzene rings is 1. The van der Waals surface area contributed by atoms with Crippen molar-refractivity contribution in [2.75, 3.05) is 5.75 Å². The van der Waals surface area contributed by atoms with Crippen LogP contribution in [-0.4, -0.2) is 15.8 Å². The number of thioether (sulfide) groups is 1. The van der Waals surface area contributed by atoms with Gasteiger partial charge in [0.1, 0.15) is 0 Å². The van der Waals surface area contributed by atoms with Crippen molar-refractivity contribution >= 4 is 28.6 Å². The fraction of sp³-hybridized carbons (Fsp3) is 0.308. The van der Waals surface area contributed by atoms with Crippen molar-refractivity contribution in [2.45, 2.75) is 20.3 Å². The minimum absolute atomic E-state index is 0.0879. The number of hydrogen-bond donors (Lipinski definition) is 0. The third-order valence-corrected chi connectivity index (χ3v) is 3.11. The maximum absolute atomic E-state index is 10.8. The lowest BCUT2D eigenvalue weighted by molar-refractivity contribution is -0.385. The molecule has 96 valence electrons. The zero-order chi connectivity index (χ0) is 13.5. The van der Waals surface area contributed by atoms with Crippen LogP contribution in [0.4, 0.5) is 5.69 Å². The van der Waals surface area contributed by atoms with Gasteiger partial charge in [-0.25, -0.2) is 0 Å². The first-order valence-corrected chi connectivity index (χ1v) is 6.54. The molecule has 0 aliphatic carbocycles. The molecule has 4 nitrogen and oxygen atoms in total. The van der Waals surface area contributed by atoms with Gasteiger partial charge in [-0.2, -0.15) is 0 Å². The van der Waals surface area contributed by atoms with Crippen LogP contribution in [0.1, 0.15) is 24.5 Å². The molecule has 0 aliphatic heterocycles. The van der Waals surface area contributed by atoms with Gasteiger partial charge in [-0.15, -0.1) is 0 Å². The number of nitro benzene ring substituents is 1. The molecule has 0 aromatic heterocycles. The van der Waals surface area contributed by atoms with Crippen LogP contribution in [0.2, 0.25) is 0 Å². The molecule has 1 rings (SSSR count). The third kappa shape index (κ3) is 4.71. The van der Waals surface area contributed by atoms with E-state index in [-0.39, 0.29) is 15.7 Å². The van der Waals surface area contributed by atoms with Crippen LogP contribution in [0, 0.1) is 17.0 Å². The van der Waals surface area contributed by atoms with Crippen molar-refractivity contribution in [1.29, 1.82) is 0 Å². The molecule has 0 aliphatic rings. The Morgan fingerprint density at radius 1 is 1.50 bits per heavy atom. The van der Waals surface area contributed by atoms with E-state index in [2.05, 4.69) is 0 Å². The molecular weight excluding hydrogens is 250 g/mol. The van der Waals surface area contributed by atoms with Gasteiger partial charge in [0.25, 0.3) is 5.69 Å². The second-order valence-electron chi connectivity index (χ2n) is 3.85. The van der Waals surface area contributed by atoms with E-state index in [1.54, 1.807) is 18.2 Å². The zero-order valence-electron chi connectivity index (χ0n) is 10.4. The van der Waals surface area contributed by atoms with Gasteiger partial charge in [0.2, 0.25) is 0 Å². The van der Waals surface area contributed by atoms with Crippen molar-refractivity contribution in [2.24, 2.45) is 0 Å². The summed E-state index contributed by atoms with van der Waals surface area (Å²) in [7, 11) is 0. The van der Waals surface area contributed by atoms with Crippen molar-refractivity contribution in [3.8, 4) is 0 Å². The van der Waals surface area contributed by atoms with Gasteiger partial charge in [0.15, 0.2) is 5.12 Å². The number of hydrogen-bond acceptors (Lipinski definition) is 4. The first-order chi connectivity index (χ1) is 8.50. The summed E-state index contributed by atoms with van der Waals surface area (Å²) in [6.45, 7) is 3.42. The van der Waals surface area contributed by atoms with Gasteiger partial charge >= 0.3 is 0 Å². The summed E-state index contributed by atoms with van der Waals surface area (Å²) in [4.78, 5) is 21.2. The molecule has 5 heteroatoms. The predicted molar refractivity (Wildman–Crippen MR) is 74.6 cm³/mol. The highest BCUT2D eigenvalue weighted by Gasteiger charge is 2.10.